The van der Waals surface area contributed by atoms with E-state index in [0.29, 0.717) is 25.9 Å². The van der Waals surface area contributed by atoms with E-state index in [9.17, 15) is 9.59 Å². The van der Waals surface area contributed by atoms with Gasteiger partial charge in [-0.05, 0) is 24.8 Å². The Bertz CT molecular complexity index is 280. The van der Waals surface area contributed by atoms with E-state index in [-0.39, 0.29) is 17.2 Å². The van der Waals surface area contributed by atoms with E-state index in [4.69, 9.17) is 5.73 Å². The molecule has 0 unspecified atom stereocenters. The standard InChI is InChI=1S/C12H23N3O2/c1-15(2)11(17)4-7-14-10(16)8-12(9-13)5-3-6-12/h3-9,13H2,1-2H3,(H,14,16). The predicted octanol–water partition coefficient (Wildman–Crippen LogP) is 0.100. The van der Waals surface area contributed by atoms with Gasteiger partial charge in [-0.15, -0.1) is 0 Å². The molecule has 3 N–H and O–H groups in total. The lowest BCUT2D eigenvalue weighted by molar-refractivity contribution is -0.129. The number of carbonyl (C=O) groups excluding carboxylic acids is 2. The minimum Gasteiger partial charge on any atom is -0.356 e. The highest BCUT2D eigenvalue weighted by Gasteiger charge is 2.37. The van der Waals surface area contributed by atoms with Gasteiger partial charge in [0.1, 0.15) is 0 Å². The summed E-state index contributed by atoms with van der Waals surface area (Å²) < 4.78 is 0. The van der Waals surface area contributed by atoms with Crippen LogP contribution in [0.25, 0.3) is 0 Å². The number of carbonyl (C=O) groups is 2. The first kappa shape index (κ1) is 14.0. The summed E-state index contributed by atoms with van der Waals surface area (Å²) in [6.07, 6.45) is 4.12. The molecule has 1 saturated carbocycles. The first-order valence-electron chi connectivity index (χ1n) is 6.16. The van der Waals surface area contributed by atoms with Crippen LogP contribution >= 0.6 is 0 Å². The molecule has 98 valence electrons. The van der Waals surface area contributed by atoms with E-state index >= 15 is 0 Å². The highest BCUT2D eigenvalue weighted by Crippen LogP contribution is 2.42. The molecule has 0 atom stereocenters. The molecule has 0 bridgehead atoms. The summed E-state index contributed by atoms with van der Waals surface area (Å²) in [5.41, 5.74) is 5.73. The molecule has 1 rings (SSSR count). The maximum absolute atomic E-state index is 11.7. The summed E-state index contributed by atoms with van der Waals surface area (Å²) in [6, 6.07) is 0. The van der Waals surface area contributed by atoms with Crippen molar-refractivity contribution in [1.29, 1.82) is 0 Å². The molecule has 17 heavy (non-hydrogen) atoms. The lowest BCUT2D eigenvalue weighted by Crippen LogP contribution is -2.42. The molecule has 1 fully saturated rings. The minimum atomic E-state index is 0.0155. The van der Waals surface area contributed by atoms with Gasteiger partial charge in [0, 0.05) is 33.5 Å². The third kappa shape index (κ3) is 4.00. The van der Waals surface area contributed by atoms with Crippen molar-refractivity contribution in [2.75, 3.05) is 27.2 Å². The van der Waals surface area contributed by atoms with E-state index in [1.807, 2.05) is 0 Å². The zero-order valence-electron chi connectivity index (χ0n) is 10.8. The lowest BCUT2D eigenvalue weighted by atomic mass is 9.66. The zero-order valence-corrected chi connectivity index (χ0v) is 10.8. The highest BCUT2D eigenvalue weighted by molar-refractivity contribution is 5.79. The van der Waals surface area contributed by atoms with Gasteiger partial charge in [-0.2, -0.15) is 0 Å². The number of hydrogen-bond acceptors (Lipinski definition) is 3. The van der Waals surface area contributed by atoms with Gasteiger partial charge in [0.25, 0.3) is 0 Å². The van der Waals surface area contributed by atoms with Gasteiger partial charge in [-0.25, -0.2) is 0 Å². The van der Waals surface area contributed by atoms with Gasteiger partial charge in [-0.3, -0.25) is 9.59 Å². The lowest BCUT2D eigenvalue weighted by Gasteiger charge is -2.40. The van der Waals surface area contributed by atoms with E-state index in [2.05, 4.69) is 5.32 Å². The fourth-order valence-corrected chi connectivity index (χ4v) is 2.07. The van der Waals surface area contributed by atoms with E-state index < -0.39 is 0 Å². The van der Waals surface area contributed by atoms with Crippen molar-refractivity contribution in [3.63, 3.8) is 0 Å². The van der Waals surface area contributed by atoms with Crippen molar-refractivity contribution in [2.24, 2.45) is 11.1 Å². The van der Waals surface area contributed by atoms with Crippen molar-refractivity contribution in [2.45, 2.75) is 32.1 Å². The van der Waals surface area contributed by atoms with Crippen molar-refractivity contribution < 1.29 is 9.59 Å². The van der Waals surface area contributed by atoms with Crippen molar-refractivity contribution >= 4 is 11.8 Å². The molecule has 0 aromatic heterocycles. The van der Waals surface area contributed by atoms with Gasteiger partial charge < -0.3 is 16.0 Å². The number of nitrogens with two attached hydrogens (primary N) is 1. The van der Waals surface area contributed by atoms with Gasteiger partial charge in [0.2, 0.25) is 11.8 Å². The Hall–Kier alpha value is -1.10. The number of hydrogen-bond donors (Lipinski definition) is 2. The van der Waals surface area contributed by atoms with E-state index in [0.717, 1.165) is 12.8 Å². The second-order valence-electron chi connectivity index (χ2n) is 5.12. The topological polar surface area (TPSA) is 75.4 Å². The van der Waals surface area contributed by atoms with Crippen LogP contribution in [-0.2, 0) is 9.59 Å². The van der Waals surface area contributed by atoms with Crippen LogP contribution in [0.4, 0.5) is 0 Å². The summed E-state index contributed by atoms with van der Waals surface area (Å²) in [4.78, 5) is 24.5. The SMILES string of the molecule is CN(C)C(=O)CCNC(=O)CC1(CN)CCC1. The summed E-state index contributed by atoms with van der Waals surface area (Å²) >= 11 is 0. The smallest absolute Gasteiger partial charge is 0.223 e. The van der Waals surface area contributed by atoms with Gasteiger partial charge in [0.15, 0.2) is 0 Å². The molecule has 0 radical (unpaired) electrons. The van der Waals surface area contributed by atoms with E-state index in [1.54, 1.807) is 14.1 Å². The molecule has 0 spiro atoms. The largest absolute Gasteiger partial charge is 0.356 e. The summed E-state index contributed by atoms with van der Waals surface area (Å²) in [5.74, 6) is 0.0455. The number of amides is 2. The van der Waals surface area contributed by atoms with Crippen LogP contribution in [0.5, 0.6) is 0 Å². The van der Waals surface area contributed by atoms with Crippen LogP contribution in [-0.4, -0.2) is 43.9 Å². The molecule has 0 aromatic carbocycles. The molecule has 5 nitrogen and oxygen atoms in total. The van der Waals surface area contributed by atoms with E-state index in [1.165, 1.54) is 11.3 Å². The molecule has 0 heterocycles. The van der Waals surface area contributed by atoms with Gasteiger partial charge in [0.05, 0.1) is 0 Å². The third-order valence-corrected chi connectivity index (χ3v) is 3.54. The van der Waals surface area contributed by atoms with Crippen LogP contribution in [0.15, 0.2) is 0 Å². The first-order valence-corrected chi connectivity index (χ1v) is 6.16. The number of nitrogens with one attached hydrogen (secondary N) is 1. The average Bonchev–Trinajstić information content (AvgIpc) is 2.23. The fraction of sp³-hybridized carbons (Fsp3) is 0.833. The third-order valence-electron chi connectivity index (χ3n) is 3.54. The van der Waals surface area contributed by atoms with Crippen molar-refractivity contribution in [1.82, 2.24) is 10.2 Å². The van der Waals surface area contributed by atoms with Crippen LogP contribution in [0.2, 0.25) is 0 Å². The van der Waals surface area contributed by atoms with Crippen molar-refractivity contribution in [3.8, 4) is 0 Å². The Labute approximate surface area is 103 Å². The molecule has 0 saturated heterocycles. The Balaban J connectivity index is 2.19. The molecule has 2 amide bonds. The van der Waals surface area contributed by atoms with Crippen LogP contribution in [0.1, 0.15) is 32.1 Å². The monoisotopic (exact) mass is 241 g/mol. The first-order chi connectivity index (χ1) is 7.99. The second-order valence-corrected chi connectivity index (χ2v) is 5.12. The maximum atomic E-state index is 11.7. The quantitative estimate of drug-likeness (QED) is 0.692. The van der Waals surface area contributed by atoms with Crippen molar-refractivity contribution in [3.05, 3.63) is 0 Å². The normalized spacial score (nSPS) is 17.1. The molecule has 0 aliphatic heterocycles. The minimum absolute atomic E-state index is 0.0155. The Kier molecular flexibility index (Phi) is 4.93. The van der Waals surface area contributed by atoms with Crippen LogP contribution in [0.3, 0.4) is 0 Å². The summed E-state index contributed by atoms with van der Waals surface area (Å²) in [7, 11) is 3.42. The maximum Gasteiger partial charge on any atom is 0.223 e. The molecule has 0 aromatic rings. The molecular formula is C12H23N3O2. The Morgan fingerprint density at radius 3 is 2.41 bits per heavy atom. The Morgan fingerprint density at radius 1 is 1.35 bits per heavy atom. The Morgan fingerprint density at radius 2 is 2.00 bits per heavy atom. The number of nitrogens with zero attached hydrogens (tertiary/aromatic N) is 1. The average molecular weight is 241 g/mol. The molecular weight excluding hydrogens is 218 g/mol. The van der Waals surface area contributed by atoms with Crippen LogP contribution < -0.4 is 11.1 Å². The second kappa shape index (κ2) is 6.00. The van der Waals surface area contributed by atoms with Crippen LogP contribution in [0, 0.1) is 5.41 Å². The molecule has 1 aliphatic rings. The fourth-order valence-electron chi connectivity index (χ4n) is 2.07. The predicted molar refractivity (Wildman–Crippen MR) is 66.3 cm³/mol. The summed E-state index contributed by atoms with van der Waals surface area (Å²) in [6.45, 7) is 0.994. The molecule has 1 aliphatic carbocycles. The van der Waals surface area contributed by atoms with Gasteiger partial charge >= 0.3 is 0 Å². The highest BCUT2D eigenvalue weighted by atomic mass is 16.2. The summed E-state index contributed by atoms with van der Waals surface area (Å²) in [5, 5.41) is 2.78. The number of rotatable bonds is 6. The molecule has 5 heteroatoms. The van der Waals surface area contributed by atoms with Gasteiger partial charge in [-0.1, -0.05) is 6.42 Å². The zero-order chi connectivity index (χ0) is 12.9.